The molecule has 3 aromatic carbocycles. The molecule has 1 amide bonds. The summed E-state index contributed by atoms with van der Waals surface area (Å²) in [7, 11) is -3.92. The minimum Gasteiger partial charge on any atom is -0.486 e. The van der Waals surface area contributed by atoms with Crippen LogP contribution in [-0.4, -0.2) is 39.6 Å². The number of esters is 1. The Kier molecular flexibility index (Phi) is 7.07. The largest absolute Gasteiger partial charge is 0.486 e. The van der Waals surface area contributed by atoms with Crippen molar-refractivity contribution in [3.63, 3.8) is 0 Å². The third-order valence-electron chi connectivity index (χ3n) is 5.13. The van der Waals surface area contributed by atoms with E-state index in [1.54, 1.807) is 24.3 Å². The van der Waals surface area contributed by atoms with Crippen LogP contribution in [0.15, 0.2) is 71.6 Å². The van der Waals surface area contributed by atoms with Crippen LogP contribution in [0.25, 0.3) is 0 Å². The average molecular weight is 508 g/mol. The summed E-state index contributed by atoms with van der Waals surface area (Å²) < 4.78 is 44.0. The zero-order valence-corrected chi connectivity index (χ0v) is 19.9. The van der Waals surface area contributed by atoms with E-state index in [0.29, 0.717) is 36.0 Å². The Balaban J connectivity index is 1.36. The molecule has 0 fully saturated rings. The zero-order valence-electron chi connectivity index (χ0n) is 19.1. The molecule has 0 saturated carbocycles. The summed E-state index contributed by atoms with van der Waals surface area (Å²) in [6, 6.07) is 18.1. The first-order chi connectivity index (χ1) is 17.2. The molecule has 0 unspecified atom stereocenters. The molecule has 0 aromatic heterocycles. The molecule has 10 nitrogen and oxygen atoms in total. The van der Waals surface area contributed by atoms with E-state index in [4.69, 9.17) is 19.5 Å². The molecule has 0 radical (unpaired) electrons. The lowest BCUT2D eigenvalue weighted by Crippen LogP contribution is -2.30. The maximum absolute atomic E-state index is 12.8. The summed E-state index contributed by atoms with van der Waals surface area (Å²) in [5.41, 5.74) is 1.27. The third kappa shape index (κ3) is 5.73. The van der Waals surface area contributed by atoms with Crippen LogP contribution in [0.5, 0.6) is 11.5 Å². The molecule has 184 valence electrons. The van der Waals surface area contributed by atoms with Crippen molar-refractivity contribution in [2.24, 2.45) is 0 Å². The number of anilines is 2. The SMILES string of the molecule is C[C@@H](OC(=O)c1ccc(NS(=O)(=O)c2ccc3c(c2)OCCO3)cc1)C(=O)Nc1ccc(C#N)cc1. The van der Waals surface area contributed by atoms with Crippen LogP contribution in [0, 0.1) is 11.3 Å². The first-order valence-corrected chi connectivity index (χ1v) is 12.3. The second-order valence-corrected chi connectivity index (χ2v) is 9.40. The van der Waals surface area contributed by atoms with Gasteiger partial charge in [0.15, 0.2) is 17.6 Å². The topological polar surface area (TPSA) is 144 Å². The van der Waals surface area contributed by atoms with Gasteiger partial charge in [0, 0.05) is 17.4 Å². The number of fused-ring (bicyclic) bond motifs is 1. The number of nitrogens with zero attached hydrogens (tertiary/aromatic N) is 1. The Hall–Kier alpha value is -4.56. The molecule has 1 aliphatic heterocycles. The molecule has 1 atom stereocenters. The van der Waals surface area contributed by atoms with Crippen molar-refractivity contribution in [1.82, 2.24) is 0 Å². The van der Waals surface area contributed by atoms with Gasteiger partial charge in [0.1, 0.15) is 13.2 Å². The number of benzene rings is 3. The van der Waals surface area contributed by atoms with Crippen LogP contribution in [0.1, 0.15) is 22.8 Å². The zero-order chi connectivity index (χ0) is 25.7. The minimum absolute atomic E-state index is 0.00247. The van der Waals surface area contributed by atoms with E-state index < -0.39 is 28.0 Å². The van der Waals surface area contributed by atoms with Gasteiger partial charge in [0.05, 0.1) is 22.1 Å². The Morgan fingerprint density at radius 3 is 2.25 bits per heavy atom. The summed E-state index contributed by atoms with van der Waals surface area (Å²) in [4.78, 5) is 24.8. The fourth-order valence-electron chi connectivity index (χ4n) is 3.23. The van der Waals surface area contributed by atoms with E-state index >= 15 is 0 Å². The molecule has 2 N–H and O–H groups in total. The summed E-state index contributed by atoms with van der Waals surface area (Å²) in [6.45, 7) is 2.15. The van der Waals surface area contributed by atoms with Gasteiger partial charge in [-0.1, -0.05) is 0 Å². The summed E-state index contributed by atoms with van der Waals surface area (Å²) >= 11 is 0. The number of ether oxygens (including phenoxy) is 3. The Labute approximate surface area is 207 Å². The van der Waals surface area contributed by atoms with Crippen LogP contribution in [0.4, 0.5) is 11.4 Å². The number of sulfonamides is 1. The van der Waals surface area contributed by atoms with E-state index in [2.05, 4.69) is 10.0 Å². The second-order valence-electron chi connectivity index (χ2n) is 7.71. The van der Waals surface area contributed by atoms with E-state index in [1.165, 1.54) is 49.4 Å². The molecular formula is C25H21N3O7S. The highest BCUT2D eigenvalue weighted by Crippen LogP contribution is 2.32. The van der Waals surface area contributed by atoms with Gasteiger partial charge < -0.3 is 19.5 Å². The quantitative estimate of drug-likeness (QED) is 0.464. The van der Waals surface area contributed by atoms with Gasteiger partial charge in [-0.05, 0) is 67.6 Å². The molecule has 0 saturated heterocycles. The lowest BCUT2D eigenvalue weighted by Gasteiger charge is -2.19. The number of nitriles is 1. The number of rotatable bonds is 7. The first kappa shape index (κ1) is 24.6. The molecule has 1 heterocycles. The number of carbonyl (C=O) groups excluding carboxylic acids is 2. The van der Waals surface area contributed by atoms with E-state index in [0.717, 1.165) is 0 Å². The van der Waals surface area contributed by atoms with Gasteiger partial charge in [0.25, 0.3) is 15.9 Å². The molecule has 4 rings (SSSR count). The van der Waals surface area contributed by atoms with Crippen molar-refractivity contribution in [2.45, 2.75) is 17.9 Å². The molecule has 0 spiro atoms. The van der Waals surface area contributed by atoms with Crippen molar-refractivity contribution in [3.05, 3.63) is 77.9 Å². The van der Waals surface area contributed by atoms with Crippen molar-refractivity contribution >= 4 is 33.3 Å². The average Bonchev–Trinajstić information content (AvgIpc) is 2.89. The molecular weight excluding hydrogens is 486 g/mol. The maximum atomic E-state index is 12.8. The minimum atomic E-state index is -3.92. The normalized spacial score (nSPS) is 13.1. The van der Waals surface area contributed by atoms with Crippen LogP contribution >= 0.6 is 0 Å². The highest BCUT2D eigenvalue weighted by Gasteiger charge is 2.21. The lowest BCUT2D eigenvalue weighted by molar-refractivity contribution is -0.123. The summed E-state index contributed by atoms with van der Waals surface area (Å²) in [6.07, 6.45) is -1.10. The van der Waals surface area contributed by atoms with Crippen molar-refractivity contribution in [2.75, 3.05) is 23.3 Å². The number of amides is 1. The number of hydrogen-bond donors (Lipinski definition) is 2. The smallest absolute Gasteiger partial charge is 0.338 e. The Bertz CT molecular complexity index is 1430. The Morgan fingerprint density at radius 1 is 0.944 bits per heavy atom. The van der Waals surface area contributed by atoms with E-state index in [-0.39, 0.29) is 16.1 Å². The first-order valence-electron chi connectivity index (χ1n) is 10.8. The van der Waals surface area contributed by atoms with Crippen LogP contribution in [0.2, 0.25) is 0 Å². The highest BCUT2D eigenvalue weighted by atomic mass is 32.2. The van der Waals surface area contributed by atoms with E-state index in [1.807, 2.05) is 6.07 Å². The number of carbonyl (C=O) groups is 2. The van der Waals surface area contributed by atoms with Gasteiger partial charge in [-0.25, -0.2) is 13.2 Å². The van der Waals surface area contributed by atoms with E-state index in [9.17, 15) is 18.0 Å². The number of nitrogens with one attached hydrogen (secondary N) is 2. The van der Waals surface area contributed by atoms with Crippen LogP contribution < -0.4 is 19.5 Å². The van der Waals surface area contributed by atoms with Gasteiger partial charge in [-0.3, -0.25) is 9.52 Å². The lowest BCUT2D eigenvalue weighted by atomic mass is 10.2. The molecule has 0 bridgehead atoms. The Morgan fingerprint density at radius 2 is 1.58 bits per heavy atom. The van der Waals surface area contributed by atoms with Crippen molar-refractivity contribution in [3.8, 4) is 17.6 Å². The summed E-state index contributed by atoms with van der Waals surface area (Å²) in [5.74, 6) is -0.474. The molecule has 1 aliphatic rings. The van der Waals surface area contributed by atoms with Crippen molar-refractivity contribution < 1.29 is 32.2 Å². The van der Waals surface area contributed by atoms with Crippen LogP contribution in [-0.2, 0) is 19.6 Å². The maximum Gasteiger partial charge on any atom is 0.338 e. The standard InChI is InChI=1S/C25H21N3O7S/c1-16(24(29)27-19-6-2-17(15-26)3-7-19)35-25(30)18-4-8-20(9-5-18)28-36(31,32)21-10-11-22-23(14-21)34-13-12-33-22/h2-11,14,16,28H,12-13H2,1H3,(H,27,29)/t16-/m1/s1. The van der Waals surface area contributed by atoms with Gasteiger partial charge in [-0.15, -0.1) is 0 Å². The van der Waals surface area contributed by atoms with Crippen molar-refractivity contribution in [1.29, 1.82) is 5.26 Å². The fourth-order valence-corrected chi connectivity index (χ4v) is 4.31. The van der Waals surface area contributed by atoms with Gasteiger partial charge in [0.2, 0.25) is 0 Å². The molecule has 11 heteroatoms. The van der Waals surface area contributed by atoms with Crippen LogP contribution in [0.3, 0.4) is 0 Å². The van der Waals surface area contributed by atoms with Gasteiger partial charge in [-0.2, -0.15) is 5.26 Å². The monoisotopic (exact) mass is 507 g/mol. The molecule has 3 aromatic rings. The number of hydrogen-bond acceptors (Lipinski definition) is 8. The third-order valence-corrected chi connectivity index (χ3v) is 6.51. The molecule has 36 heavy (non-hydrogen) atoms. The molecule has 0 aliphatic carbocycles. The predicted molar refractivity (Wildman–Crippen MR) is 129 cm³/mol. The predicted octanol–water partition coefficient (Wildman–Crippen LogP) is 3.31. The van der Waals surface area contributed by atoms with Gasteiger partial charge >= 0.3 is 5.97 Å². The highest BCUT2D eigenvalue weighted by molar-refractivity contribution is 7.92. The fraction of sp³-hybridized carbons (Fsp3) is 0.160. The second kappa shape index (κ2) is 10.4. The summed E-state index contributed by atoms with van der Waals surface area (Å²) in [5, 5.41) is 11.4.